The van der Waals surface area contributed by atoms with Gasteiger partial charge in [0.1, 0.15) is 0 Å². The van der Waals surface area contributed by atoms with Gasteiger partial charge in [0.25, 0.3) is 0 Å². The number of hydrogen-bond acceptors (Lipinski definition) is 3. The molecule has 152 valence electrons. The van der Waals surface area contributed by atoms with Crippen LogP contribution in [0.15, 0.2) is 59.7 Å². The lowest BCUT2D eigenvalue weighted by molar-refractivity contribution is 0.220. The van der Waals surface area contributed by atoms with Crippen molar-refractivity contribution in [2.24, 2.45) is 4.99 Å². The van der Waals surface area contributed by atoms with Crippen LogP contribution in [0.3, 0.4) is 0 Å². The predicted octanol–water partition coefficient (Wildman–Crippen LogP) is 3.13. The van der Waals surface area contributed by atoms with Crippen molar-refractivity contribution in [1.82, 2.24) is 20.5 Å². The highest BCUT2D eigenvalue weighted by Gasteiger charge is 2.16. The van der Waals surface area contributed by atoms with Gasteiger partial charge in [0.05, 0.1) is 6.54 Å². The second-order valence-corrected chi connectivity index (χ2v) is 6.78. The first kappa shape index (κ1) is 21.9. The fourth-order valence-corrected chi connectivity index (χ4v) is 3.33. The Morgan fingerprint density at radius 3 is 2.39 bits per heavy atom. The summed E-state index contributed by atoms with van der Waals surface area (Å²) in [5.74, 6) is 0.878. The maximum absolute atomic E-state index is 4.89. The van der Waals surface area contributed by atoms with Crippen LogP contribution in [0, 0.1) is 0 Å². The van der Waals surface area contributed by atoms with E-state index in [1.165, 1.54) is 5.56 Å². The Morgan fingerprint density at radius 2 is 1.75 bits per heavy atom. The molecule has 1 atom stereocenters. The number of aromatic nitrogens is 1. The first-order valence-electron chi connectivity index (χ1n) is 10.5. The van der Waals surface area contributed by atoms with Gasteiger partial charge in [-0.1, -0.05) is 50.2 Å². The van der Waals surface area contributed by atoms with Crippen molar-refractivity contribution in [2.75, 3.05) is 32.7 Å². The summed E-state index contributed by atoms with van der Waals surface area (Å²) in [7, 11) is 0. The van der Waals surface area contributed by atoms with E-state index in [0.29, 0.717) is 6.04 Å². The van der Waals surface area contributed by atoms with E-state index < -0.39 is 0 Å². The molecule has 1 aromatic heterocycles. The third-order valence-electron chi connectivity index (χ3n) is 4.85. The van der Waals surface area contributed by atoms with Gasteiger partial charge >= 0.3 is 0 Å². The van der Waals surface area contributed by atoms with E-state index in [0.717, 1.165) is 57.2 Å². The average molecular weight is 382 g/mol. The van der Waals surface area contributed by atoms with Crippen LogP contribution in [0.25, 0.3) is 0 Å². The molecule has 0 aliphatic carbocycles. The van der Waals surface area contributed by atoms with Crippen LogP contribution in [0.5, 0.6) is 0 Å². The number of benzene rings is 1. The van der Waals surface area contributed by atoms with Crippen molar-refractivity contribution in [3.63, 3.8) is 0 Å². The number of likely N-dealkylation sites (N-methyl/N-ethyl adjacent to an activating group) is 1. The summed E-state index contributed by atoms with van der Waals surface area (Å²) < 4.78 is 0. The Kier molecular flexibility index (Phi) is 10.1. The number of nitrogens with zero attached hydrogens (tertiary/aromatic N) is 3. The van der Waals surface area contributed by atoms with Gasteiger partial charge in [-0.15, -0.1) is 0 Å². The fourth-order valence-electron chi connectivity index (χ4n) is 3.33. The van der Waals surface area contributed by atoms with E-state index in [1.807, 2.05) is 18.3 Å². The van der Waals surface area contributed by atoms with E-state index in [4.69, 9.17) is 4.99 Å². The maximum atomic E-state index is 4.89. The molecule has 5 heteroatoms. The van der Waals surface area contributed by atoms with Gasteiger partial charge < -0.3 is 10.6 Å². The van der Waals surface area contributed by atoms with Crippen LogP contribution in [-0.2, 0) is 12.8 Å². The molecule has 1 heterocycles. The highest BCUT2D eigenvalue weighted by Crippen LogP contribution is 2.10. The number of aliphatic imine (C=N–C) groups is 1. The minimum atomic E-state index is 0.392. The van der Waals surface area contributed by atoms with Crippen molar-refractivity contribution in [2.45, 2.75) is 39.7 Å². The first-order chi connectivity index (χ1) is 13.8. The van der Waals surface area contributed by atoms with E-state index >= 15 is 0 Å². The largest absolute Gasteiger partial charge is 0.357 e. The van der Waals surface area contributed by atoms with Crippen molar-refractivity contribution < 1.29 is 0 Å². The molecule has 0 aliphatic rings. The zero-order valence-corrected chi connectivity index (χ0v) is 17.6. The normalized spacial score (nSPS) is 12.8. The molecule has 2 rings (SSSR count). The van der Waals surface area contributed by atoms with Crippen molar-refractivity contribution in [1.29, 1.82) is 0 Å². The monoisotopic (exact) mass is 381 g/mol. The van der Waals surface area contributed by atoms with Gasteiger partial charge in [0.15, 0.2) is 5.96 Å². The predicted molar refractivity (Wildman–Crippen MR) is 119 cm³/mol. The SMILES string of the molecule is CCNC(=NCC(Cc1ccccc1)N(CC)CC)NCCc1ccccn1. The zero-order valence-electron chi connectivity index (χ0n) is 17.6. The van der Waals surface area contributed by atoms with Crippen LogP contribution >= 0.6 is 0 Å². The van der Waals surface area contributed by atoms with E-state index in [-0.39, 0.29) is 0 Å². The third-order valence-corrected chi connectivity index (χ3v) is 4.85. The highest BCUT2D eigenvalue weighted by molar-refractivity contribution is 5.79. The number of hydrogen-bond donors (Lipinski definition) is 2. The number of nitrogens with one attached hydrogen (secondary N) is 2. The van der Waals surface area contributed by atoms with Crippen LogP contribution in [-0.4, -0.2) is 54.6 Å². The molecule has 0 saturated heterocycles. The number of rotatable bonds is 11. The number of guanidine groups is 1. The Bertz CT molecular complexity index is 668. The lowest BCUT2D eigenvalue weighted by atomic mass is 10.0. The first-order valence-corrected chi connectivity index (χ1v) is 10.5. The molecule has 0 aliphatic heterocycles. The average Bonchev–Trinajstić information content (AvgIpc) is 2.74. The molecule has 28 heavy (non-hydrogen) atoms. The summed E-state index contributed by atoms with van der Waals surface area (Å²) in [4.78, 5) is 11.8. The molecular formula is C23H35N5. The molecule has 2 N–H and O–H groups in total. The highest BCUT2D eigenvalue weighted by atomic mass is 15.2. The van der Waals surface area contributed by atoms with Gasteiger partial charge in [-0.05, 0) is 44.1 Å². The minimum absolute atomic E-state index is 0.392. The van der Waals surface area contributed by atoms with Gasteiger partial charge in [-0.3, -0.25) is 14.9 Å². The Morgan fingerprint density at radius 1 is 1.00 bits per heavy atom. The smallest absolute Gasteiger partial charge is 0.191 e. The Balaban J connectivity index is 1.98. The number of pyridine rings is 1. The molecule has 0 saturated carbocycles. The Labute approximate surface area is 170 Å². The fraction of sp³-hybridized carbons (Fsp3) is 0.478. The third kappa shape index (κ3) is 7.69. The topological polar surface area (TPSA) is 52.6 Å². The van der Waals surface area contributed by atoms with Crippen LogP contribution < -0.4 is 10.6 Å². The lowest BCUT2D eigenvalue weighted by Gasteiger charge is -2.29. The summed E-state index contributed by atoms with van der Waals surface area (Å²) in [5.41, 5.74) is 2.46. The molecule has 0 fully saturated rings. The van der Waals surface area contributed by atoms with Gasteiger partial charge in [-0.2, -0.15) is 0 Å². The minimum Gasteiger partial charge on any atom is -0.357 e. The maximum Gasteiger partial charge on any atom is 0.191 e. The molecule has 1 aromatic carbocycles. The van der Waals surface area contributed by atoms with Gasteiger partial charge in [0, 0.05) is 37.4 Å². The van der Waals surface area contributed by atoms with E-state index in [9.17, 15) is 0 Å². The Hall–Kier alpha value is -2.40. The molecule has 0 radical (unpaired) electrons. The summed E-state index contributed by atoms with van der Waals surface area (Å²) >= 11 is 0. The van der Waals surface area contributed by atoms with E-state index in [2.05, 4.69) is 77.7 Å². The summed E-state index contributed by atoms with van der Waals surface area (Å²) in [6.07, 6.45) is 3.74. The molecule has 5 nitrogen and oxygen atoms in total. The van der Waals surface area contributed by atoms with E-state index in [1.54, 1.807) is 0 Å². The molecular weight excluding hydrogens is 346 g/mol. The molecule has 0 bridgehead atoms. The van der Waals surface area contributed by atoms with Gasteiger partial charge in [-0.25, -0.2) is 0 Å². The van der Waals surface area contributed by atoms with Crippen molar-refractivity contribution >= 4 is 5.96 Å². The van der Waals surface area contributed by atoms with Crippen LogP contribution in [0.2, 0.25) is 0 Å². The van der Waals surface area contributed by atoms with Crippen molar-refractivity contribution in [3.05, 3.63) is 66.0 Å². The summed E-state index contributed by atoms with van der Waals surface area (Å²) in [6.45, 7) is 11.1. The molecule has 1 unspecified atom stereocenters. The summed E-state index contributed by atoms with van der Waals surface area (Å²) in [5, 5.41) is 6.81. The second kappa shape index (κ2) is 12.9. The quantitative estimate of drug-likeness (QED) is 0.464. The molecule has 0 spiro atoms. The standard InChI is InChI=1S/C23H35N5/c1-4-24-23(26-17-15-21-14-10-11-16-25-21)27-19-22(28(5-2)6-3)18-20-12-8-7-9-13-20/h7-14,16,22H,4-6,15,17-19H2,1-3H3,(H2,24,26,27). The summed E-state index contributed by atoms with van der Waals surface area (Å²) in [6, 6.07) is 17.1. The second-order valence-electron chi connectivity index (χ2n) is 6.78. The van der Waals surface area contributed by atoms with Crippen molar-refractivity contribution in [3.8, 4) is 0 Å². The zero-order chi connectivity index (χ0) is 20.0. The molecule has 0 amide bonds. The lowest BCUT2D eigenvalue weighted by Crippen LogP contribution is -2.42. The van der Waals surface area contributed by atoms with Crippen LogP contribution in [0.4, 0.5) is 0 Å². The van der Waals surface area contributed by atoms with Gasteiger partial charge in [0.2, 0.25) is 0 Å². The molecule has 2 aromatic rings. The van der Waals surface area contributed by atoms with Crippen LogP contribution in [0.1, 0.15) is 32.0 Å².